The summed E-state index contributed by atoms with van der Waals surface area (Å²) in [5.74, 6) is -0.347. The molecule has 0 N–H and O–H groups in total. The van der Waals surface area contributed by atoms with Gasteiger partial charge >= 0.3 is 76.2 Å². The van der Waals surface area contributed by atoms with Crippen molar-refractivity contribution in [3.05, 3.63) is 0 Å². The lowest BCUT2D eigenvalue weighted by atomic mass is 10.5. The normalized spacial score (nSPS) is 48.1. The topological polar surface area (TPSA) is 137 Å². The van der Waals surface area contributed by atoms with Gasteiger partial charge in [-0.05, 0) is 12.5 Å². The van der Waals surface area contributed by atoms with Crippen LogP contribution in [0.4, 0.5) is 0 Å². The Bertz CT molecular complexity index is 985. The lowest BCUT2D eigenvalue weighted by Gasteiger charge is -2.59. The molecule has 0 aromatic rings. The van der Waals surface area contributed by atoms with Gasteiger partial charge in [0.25, 0.3) is 0 Å². The number of rotatable bonds is 11. The van der Waals surface area contributed by atoms with Gasteiger partial charge in [0.2, 0.25) is 0 Å². The molecule has 6 aliphatic rings. The van der Waals surface area contributed by atoms with E-state index in [4.69, 9.17) is 54.4 Å². The SMILES string of the molecule is CC[Si]12OC[Si]3(CCCOC(C)=O)O[Si]4(CC)O[Si](CC)(O1)O[Si]1(CC)O[Si](CC)(O2)O[Si](CC)(O3)O[Si](CC)(O4)O1. The predicted octanol–water partition coefficient (Wildman–Crippen LogP) is 3.90. The number of fused-ring (bicyclic) bond motifs is 1. The van der Waals surface area contributed by atoms with Crippen molar-refractivity contribution >= 4 is 76.2 Å². The average Bonchev–Trinajstić information content (AvgIpc) is 3.03. The maximum atomic E-state index is 11.6. The number of carbonyl (C=O) groups is 1. The molecule has 0 spiro atoms. The van der Waals surface area contributed by atoms with Crippen LogP contribution >= 0.6 is 0 Å². The van der Waals surface area contributed by atoms with E-state index in [9.17, 15) is 4.79 Å². The van der Waals surface area contributed by atoms with Crippen molar-refractivity contribution in [3.63, 3.8) is 0 Å². The molecule has 4 atom stereocenters. The molecular formula is C20H46O14Si8. The Labute approximate surface area is 257 Å². The number of hydrogen-bond donors (Lipinski definition) is 0. The van der Waals surface area contributed by atoms with Gasteiger partial charge in [-0.1, -0.05) is 48.5 Å². The first kappa shape index (κ1) is 34.1. The van der Waals surface area contributed by atoms with Crippen LogP contribution in [-0.2, 0) is 59.2 Å². The molecule has 0 saturated carbocycles. The van der Waals surface area contributed by atoms with E-state index in [1.165, 1.54) is 6.92 Å². The summed E-state index contributed by atoms with van der Waals surface area (Å²) in [6, 6.07) is 3.36. The molecule has 8 bridgehead atoms. The van der Waals surface area contributed by atoms with Crippen molar-refractivity contribution in [2.75, 3.05) is 12.8 Å². The molecule has 6 rings (SSSR count). The van der Waals surface area contributed by atoms with E-state index >= 15 is 0 Å². The molecule has 0 aliphatic carbocycles. The average molecular weight is 735 g/mol. The van der Waals surface area contributed by atoms with Crippen LogP contribution in [0.5, 0.6) is 0 Å². The molecule has 0 radical (unpaired) electrons. The Morgan fingerprint density at radius 2 is 0.833 bits per heavy atom. The Morgan fingerprint density at radius 3 is 1.14 bits per heavy atom. The maximum Gasteiger partial charge on any atom is 0.485 e. The summed E-state index contributed by atoms with van der Waals surface area (Å²) in [7, 11) is -29.0. The largest absolute Gasteiger partial charge is 0.485 e. The van der Waals surface area contributed by atoms with Gasteiger partial charge in [0, 0.05) is 49.2 Å². The molecule has 242 valence electrons. The molecule has 0 aromatic heterocycles. The van der Waals surface area contributed by atoms with Crippen LogP contribution in [0.3, 0.4) is 0 Å². The molecule has 6 heterocycles. The molecule has 6 fully saturated rings. The van der Waals surface area contributed by atoms with E-state index in [0.29, 0.717) is 54.8 Å². The fraction of sp³-hybridized carbons (Fsp3) is 0.950. The lowest BCUT2D eigenvalue weighted by molar-refractivity contribution is -0.141. The highest BCUT2D eigenvalue weighted by atomic mass is 28.6. The number of esters is 1. The monoisotopic (exact) mass is 734 g/mol. The highest BCUT2D eigenvalue weighted by Crippen LogP contribution is 2.51. The Morgan fingerprint density at radius 1 is 0.524 bits per heavy atom. The van der Waals surface area contributed by atoms with E-state index in [2.05, 4.69) is 0 Å². The summed E-state index contributed by atoms with van der Waals surface area (Å²) >= 11 is 0. The van der Waals surface area contributed by atoms with Gasteiger partial charge < -0.3 is 54.4 Å². The third-order valence-corrected chi connectivity index (χ3v) is 44.5. The number of hydrogen-bond acceptors (Lipinski definition) is 14. The van der Waals surface area contributed by atoms with E-state index in [1.807, 2.05) is 48.5 Å². The smallest absolute Gasteiger partial charge is 0.466 e. The second kappa shape index (κ2) is 12.1. The summed E-state index contributed by atoms with van der Waals surface area (Å²) in [5, 5.41) is 0. The predicted molar refractivity (Wildman–Crippen MR) is 163 cm³/mol. The quantitative estimate of drug-likeness (QED) is 0.172. The van der Waals surface area contributed by atoms with Crippen molar-refractivity contribution in [2.24, 2.45) is 0 Å². The van der Waals surface area contributed by atoms with Gasteiger partial charge in [0.1, 0.15) is 0 Å². The summed E-state index contributed by atoms with van der Waals surface area (Å²) in [5.41, 5.74) is 0. The maximum absolute atomic E-state index is 11.6. The summed E-state index contributed by atoms with van der Waals surface area (Å²) in [6.07, 6.45) is 0.578. The first-order valence-corrected chi connectivity index (χ1v) is 31.1. The van der Waals surface area contributed by atoms with Crippen molar-refractivity contribution in [1.29, 1.82) is 0 Å². The first-order valence-electron chi connectivity index (χ1n) is 15.3. The fourth-order valence-electron chi connectivity index (χ4n) is 5.73. The van der Waals surface area contributed by atoms with Crippen LogP contribution in [0, 0.1) is 0 Å². The van der Waals surface area contributed by atoms with E-state index < -0.39 is 70.2 Å². The first-order chi connectivity index (χ1) is 19.8. The molecule has 4 unspecified atom stereocenters. The molecular weight excluding hydrogens is 689 g/mol. The molecule has 42 heavy (non-hydrogen) atoms. The van der Waals surface area contributed by atoms with Crippen LogP contribution in [0.2, 0.25) is 48.4 Å². The second-order valence-corrected chi connectivity index (χ2v) is 37.4. The highest BCUT2D eigenvalue weighted by molar-refractivity contribution is 7.01. The highest BCUT2D eigenvalue weighted by Gasteiger charge is 2.79. The van der Waals surface area contributed by atoms with Crippen molar-refractivity contribution in [1.82, 2.24) is 0 Å². The zero-order valence-corrected chi connectivity index (χ0v) is 34.0. The van der Waals surface area contributed by atoms with Crippen LogP contribution in [-0.4, -0.2) is 89.0 Å². The van der Waals surface area contributed by atoms with Crippen LogP contribution < -0.4 is 0 Å². The Hall–Kier alpha value is 0.725. The minimum absolute atomic E-state index is 0.0936. The van der Waals surface area contributed by atoms with Crippen LogP contribution in [0.1, 0.15) is 61.8 Å². The molecule has 6 saturated heterocycles. The van der Waals surface area contributed by atoms with Gasteiger partial charge in [-0.3, -0.25) is 4.79 Å². The molecule has 14 nitrogen and oxygen atoms in total. The van der Waals surface area contributed by atoms with E-state index in [-0.39, 0.29) is 18.8 Å². The zero-order chi connectivity index (χ0) is 30.5. The third-order valence-electron chi connectivity index (χ3n) is 8.03. The van der Waals surface area contributed by atoms with Gasteiger partial charge in [-0.2, -0.15) is 0 Å². The molecule has 22 heteroatoms. The van der Waals surface area contributed by atoms with Crippen LogP contribution in [0.15, 0.2) is 0 Å². The third kappa shape index (κ3) is 6.09. The van der Waals surface area contributed by atoms with Crippen molar-refractivity contribution in [2.45, 2.75) is 110 Å². The standard InChI is InChI=1S/C20H46O14Si8/c1-9-36-23-19-35(18-16-17-22-20(8)21)24-37(10-2)28-39(12-4,26-36)32-42(15-7)33-40(13-5,27-36)29-38(11-3,25-35)31-41(14-6,30-37)34-42/h9-19H2,1-8H3. The van der Waals surface area contributed by atoms with Gasteiger partial charge in [-0.15, -0.1) is 0 Å². The zero-order valence-electron chi connectivity index (χ0n) is 26.0. The minimum atomic E-state index is -3.68. The summed E-state index contributed by atoms with van der Waals surface area (Å²) in [6.45, 7) is 15.4. The Balaban J connectivity index is 1.79. The van der Waals surface area contributed by atoms with Gasteiger partial charge in [0.15, 0.2) is 0 Å². The lowest BCUT2D eigenvalue weighted by Crippen LogP contribution is -2.84. The number of ether oxygens (including phenoxy) is 1. The van der Waals surface area contributed by atoms with Crippen LogP contribution in [0.25, 0.3) is 0 Å². The van der Waals surface area contributed by atoms with Gasteiger partial charge in [0.05, 0.1) is 12.8 Å². The van der Waals surface area contributed by atoms with Crippen molar-refractivity contribution < 1.29 is 59.2 Å². The summed E-state index contributed by atoms with van der Waals surface area (Å²) in [4.78, 5) is 11.6. The second-order valence-electron chi connectivity index (χ2n) is 11.0. The molecule has 0 aromatic carbocycles. The minimum Gasteiger partial charge on any atom is -0.466 e. The summed E-state index contributed by atoms with van der Waals surface area (Å²) < 4.78 is 90.6. The Kier molecular flexibility index (Phi) is 9.79. The van der Waals surface area contributed by atoms with Gasteiger partial charge in [-0.25, -0.2) is 0 Å². The fourth-order valence-corrected chi connectivity index (χ4v) is 54.3. The molecule has 0 amide bonds. The van der Waals surface area contributed by atoms with Crippen molar-refractivity contribution in [3.8, 4) is 0 Å². The van der Waals surface area contributed by atoms with E-state index in [1.54, 1.807) is 0 Å². The van der Waals surface area contributed by atoms with E-state index in [0.717, 1.165) is 0 Å². The molecule has 6 aliphatic heterocycles. The number of carbonyl (C=O) groups excluding carboxylic acids is 1.